The molecule has 2 rings (SSSR count). The van der Waals surface area contributed by atoms with Gasteiger partial charge < -0.3 is 16.2 Å². The molecule has 1 aromatic carbocycles. The Morgan fingerprint density at radius 3 is 2.84 bits per heavy atom. The summed E-state index contributed by atoms with van der Waals surface area (Å²) >= 11 is 0. The Kier molecular flexibility index (Phi) is 3.66. The fraction of sp³-hybridized carbons (Fsp3) is 0.143. The highest BCUT2D eigenvalue weighted by Gasteiger charge is 2.13. The summed E-state index contributed by atoms with van der Waals surface area (Å²) in [5.41, 5.74) is 7.89. The second kappa shape index (κ2) is 5.39. The van der Waals surface area contributed by atoms with Crippen molar-refractivity contribution in [3.05, 3.63) is 53.9 Å². The minimum atomic E-state index is -0.985. The van der Waals surface area contributed by atoms with Crippen molar-refractivity contribution < 1.29 is 9.90 Å². The van der Waals surface area contributed by atoms with Gasteiger partial charge in [-0.15, -0.1) is 0 Å². The lowest BCUT2D eigenvalue weighted by atomic mass is 10.1. The standard InChI is InChI=1S/C14H15N3O2/c1-9(10-3-2-6-16-8-10)17-13-7-11(15)4-5-12(13)14(18)19/h2-9,17H,15H2,1H3,(H,18,19). The summed E-state index contributed by atoms with van der Waals surface area (Å²) in [5.74, 6) is -0.985. The summed E-state index contributed by atoms with van der Waals surface area (Å²) in [6.07, 6.45) is 3.43. The maximum absolute atomic E-state index is 11.2. The molecule has 0 aliphatic rings. The second-order valence-corrected chi connectivity index (χ2v) is 4.26. The number of nitrogen functional groups attached to an aromatic ring is 1. The van der Waals surface area contributed by atoms with E-state index in [1.54, 1.807) is 24.5 Å². The molecule has 19 heavy (non-hydrogen) atoms. The van der Waals surface area contributed by atoms with Crippen LogP contribution in [0.1, 0.15) is 28.9 Å². The molecule has 0 bridgehead atoms. The van der Waals surface area contributed by atoms with Gasteiger partial charge in [0.15, 0.2) is 0 Å². The molecule has 5 nitrogen and oxygen atoms in total. The molecule has 0 saturated carbocycles. The highest BCUT2D eigenvalue weighted by atomic mass is 16.4. The van der Waals surface area contributed by atoms with Gasteiger partial charge in [-0.3, -0.25) is 4.98 Å². The van der Waals surface area contributed by atoms with E-state index >= 15 is 0 Å². The number of carboxylic acids is 1. The van der Waals surface area contributed by atoms with Crippen LogP contribution in [-0.4, -0.2) is 16.1 Å². The lowest BCUT2D eigenvalue weighted by Gasteiger charge is -2.17. The zero-order valence-corrected chi connectivity index (χ0v) is 10.5. The lowest BCUT2D eigenvalue weighted by Crippen LogP contribution is -2.11. The van der Waals surface area contributed by atoms with Gasteiger partial charge in [0.25, 0.3) is 0 Å². The van der Waals surface area contributed by atoms with Crippen molar-refractivity contribution >= 4 is 17.3 Å². The van der Waals surface area contributed by atoms with Gasteiger partial charge in [-0.2, -0.15) is 0 Å². The van der Waals surface area contributed by atoms with E-state index in [-0.39, 0.29) is 11.6 Å². The molecular formula is C14H15N3O2. The van der Waals surface area contributed by atoms with Crippen LogP contribution in [-0.2, 0) is 0 Å². The topological polar surface area (TPSA) is 88.2 Å². The van der Waals surface area contributed by atoms with Crippen LogP contribution in [0, 0.1) is 0 Å². The van der Waals surface area contributed by atoms with E-state index in [0.717, 1.165) is 5.56 Å². The minimum Gasteiger partial charge on any atom is -0.478 e. The van der Waals surface area contributed by atoms with E-state index in [2.05, 4.69) is 10.3 Å². The van der Waals surface area contributed by atoms with Gasteiger partial charge in [-0.05, 0) is 36.8 Å². The number of aromatic nitrogens is 1. The van der Waals surface area contributed by atoms with E-state index in [0.29, 0.717) is 11.4 Å². The first-order chi connectivity index (χ1) is 9.08. The Bertz CT molecular complexity index is 584. The second-order valence-electron chi connectivity index (χ2n) is 4.26. The average Bonchev–Trinajstić information content (AvgIpc) is 2.39. The fourth-order valence-electron chi connectivity index (χ4n) is 1.82. The quantitative estimate of drug-likeness (QED) is 0.732. The van der Waals surface area contributed by atoms with Crippen molar-refractivity contribution in [3.8, 4) is 0 Å². The van der Waals surface area contributed by atoms with Gasteiger partial charge in [-0.25, -0.2) is 4.79 Å². The number of nitrogens with one attached hydrogen (secondary N) is 1. The van der Waals surface area contributed by atoms with Crippen molar-refractivity contribution in [2.45, 2.75) is 13.0 Å². The van der Waals surface area contributed by atoms with Gasteiger partial charge in [0.05, 0.1) is 17.3 Å². The Morgan fingerprint density at radius 2 is 2.21 bits per heavy atom. The average molecular weight is 257 g/mol. The van der Waals surface area contributed by atoms with Crippen LogP contribution in [0.5, 0.6) is 0 Å². The minimum absolute atomic E-state index is 0.0615. The molecule has 4 N–H and O–H groups in total. The van der Waals surface area contributed by atoms with Crippen molar-refractivity contribution in [2.24, 2.45) is 0 Å². The monoisotopic (exact) mass is 257 g/mol. The zero-order valence-electron chi connectivity index (χ0n) is 10.5. The summed E-state index contributed by atoms with van der Waals surface area (Å²) in [7, 11) is 0. The number of carbonyl (C=O) groups is 1. The number of carboxylic acid groups (broad SMARTS) is 1. The molecule has 0 aliphatic carbocycles. The van der Waals surface area contributed by atoms with Crippen molar-refractivity contribution in [1.29, 1.82) is 0 Å². The summed E-state index contributed by atoms with van der Waals surface area (Å²) in [4.78, 5) is 15.2. The molecule has 0 spiro atoms. The van der Waals surface area contributed by atoms with Crippen LogP contribution < -0.4 is 11.1 Å². The molecule has 0 fully saturated rings. The summed E-state index contributed by atoms with van der Waals surface area (Å²) in [6, 6.07) is 8.39. The molecule has 0 aliphatic heterocycles. The van der Waals surface area contributed by atoms with Gasteiger partial charge >= 0.3 is 5.97 Å². The van der Waals surface area contributed by atoms with Gasteiger partial charge in [0, 0.05) is 18.1 Å². The van der Waals surface area contributed by atoms with Crippen LogP contribution in [0.15, 0.2) is 42.7 Å². The summed E-state index contributed by atoms with van der Waals surface area (Å²) < 4.78 is 0. The highest BCUT2D eigenvalue weighted by molar-refractivity contribution is 5.95. The highest BCUT2D eigenvalue weighted by Crippen LogP contribution is 2.24. The first-order valence-electron chi connectivity index (χ1n) is 5.87. The first-order valence-corrected chi connectivity index (χ1v) is 5.87. The largest absolute Gasteiger partial charge is 0.478 e. The fourth-order valence-corrected chi connectivity index (χ4v) is 1.82. The number of aromatic carboxylic acids is 1. The lowest BCUT2D eigenvalue weighted by molar-refractivity contribution is 0.0698. The number of anilines is 2. The van der Waals surface area contributed by atoms with Crippen molar-refractivity contribution in [2.75, 3.05) is 11.1 Å². The molecule has 1 heterocycles. The van der Waals surface area contributed by atoms with E-state index in [9.17, 15) is 4.79 Å². The molecule has 0 radical (unpaired) electrons. The van der Waals surface area contributed by atoms with Crippen LogP contribution >= 0.6 is 0 Å². The SMILES string of the molecule is CC(Nc1cc(N)ccc1C(=O)O)c1cccnc1. The molecular weight excluding hydrogens is 242 g/mol. The number of rotatable bonds is 4. The Labute approximate surface area is 111 Å². The summed E-state index contributed by atoms with van der Waals surface area (Å²) in [5, 5.41) is 12.3. The van der Waals surface area contributed by atoms with Crippen LogP contribution in [0.2, 0.25) is 0 Å². The number of nitrogens with zero attached hydrogens (tertiary/aromatic N) is 1. The molecule has 1 unspecified atom stereocenters. The number of hydrogen-bond donors (Lipinski definition) is 3. The normalized spacial score (nSPS) is 11.8. The van der Waals surface area contributed by atoms with E-state index in [4.69, 9.17) is 10.8 Å². The van der Waals surface area contributed by atoms with Gasteiger partial charge in [0.1, 0.15) is 0 Å². The predicted octanol–water partition coefficient (Wildman–Crippen LogP) is 2.54. The summed E-state index contributed by atoms with van der Waals surface area (Å²) in [6.45, 7) is 1.94. The van der Waals surface area contributed by atoms with E-state index in [1.807, 2.05) is 19.1 Å². The smallest absolute Gasteiger partial charge is 0.337 e. The number of hydrogen-bond acceptors (Lipinski definition) is 4. The maximum Gasteiger partial charge on any atom is 0.337 e. The van der Waals surface area contributed by atoms with E-state index in [1.165, 1.54) is 6.07 Å². The maximum atomic E-state index is 11.2. The number of pyridine rings is 1. The number of benzene rings is 1. The zero-order chi connectivity index (χ0) is 13.8. The molecule has 2 aromatic rings. The molecule has 0 saturated heterocycles. The number of nitrogens with two attached hydrogens (primary N) is 1. The van der Waals surface area contributed by atoms with Crippen LogP contribution in [0.3, 0.4) is 0 Å². The third-order valence-corrected chi connectivity index (χ3v) is 2.83. The first kappa shape index (κ1) is 12.9. The Morgan fingerprint density at radius 1 is 1.42 bits per heavy atom. The molecule has 1 aromatic heterocycles. The van der Waals surface area contributed by atoms with Crippen LogP contribution in [0.25, 0.3) is 0 Å². The Hall–Kier alpha value is -2.56. The van der Waals surface area contributed by atoms with Crippen molar-refractivity contribution in [1.82, 2.24) is 4.98 Å². The van der Waals surface area contributed by atoms with E-state index < -0.39 is 5.97 Å². The molecule has 0 amide bonds. The molecule has 5 heteroatoms. The van der Waals surface area contributed by atoms with Crippen LogP contribution in [0.4, 0.5) is 11.4 Å². The van der Waals surface area contributed by atoms with Crippen molar-refractivity contribution in [3.63, 3.8) is 0 Å². The molecule has 1 atom stereocenters. The predicted molar refractivity (Wildman–Crippen MR) is 74.1 cm³/mol. The Balaban J connectivity index is 2.28. The third-order valence-electron chi connectivity index (χ3n) is 2.83. The molecule has 98 valence electrons. The van der Waals surface area contributed by atoms with Gasteiger partial charge in [-0.1, -0.05) is 6.07 Å². The van der Waals surface area contributed by atoms with Gasteiger partial charge in [0.2, 0.25) is 0 Å². The third kappa shape index (κ3) is 3.01.